The average molecular weight is 248 g/mol. The van der Waals surface area contributed by atoms with Crippen molar-refractivity contribution in [2.24, 2.45) is 0 Å². The molecule has 0 heterocycles. The highest BCUT2D eigenvalue weighted by molar-refractivity contribution is 5.79. The third-order valence-corrected chi connectivity index (χ3v) is 2.26. The van der Waals surface area contributed by atoms with Crippen molar-refractivity contribution in [3.8, 4) is 0 Å². The maximum Gasteiger partial charge on any atom is 0.338 e. The first-order chi connectivity index (χ1) is 7.85. The second kappa shape index (κ2) is 7.24. The molecule has 1 N–H and O–H groups in total. The number of ether oxygens (including phenoxy) is 3. The average Bonchev–Trinajstić information content (AvgIpc) is 2.26. The van der Waals surface area contributed by atoms with Crippen LogP contribution in [0.4, 0.5) is 0 Å². The van der Waals surface area contributed by atoms with Crippen LogP contribution in [0, 0.1) is 0 Å². The molecule has 0 aromatic rings. The fourth-order valence-corrected chi connectivity index (χ4v) is 1.26. The molecule has 0 radical (unpaired) electrons. The number of esters is 2. The summed E-state index contributed by atoms with van der Waals surface area (Å²) in [5, 5.41) is 9.62. The van der Waals surface area contributed by atoms with E-state index < -0.39 is 23.6 Å². The van der Waals surface area contributed by atoms with E-state index in [0.717, 1.165) is 0 Å². The predicted molar refractivity (Wildman–Crippen MR) is 59.3 cm³/mol. The molecule has 0 aromatic carbocycles. The Bertz CT molecular complexity index is 265. The molecule has 2 unspecified atom stereocenters. The second-order valence-corrected chi connectivity index (χ2v) is 3.82. The van der Waals surface area contributed by atoms with Crippen LogP contribution in [0.1, 0.15) is 27.2 Å². The summed E-state index contributed by atoms with van der Waals surface area (Å²) in [7, 11) is 1.36. The molecule has 0 rings (SSSR count). The molecule has 100 valence electrons. The second-order valence-electron chi connectivity index (χ2n) is 3.82. The summed E-state index contributed by atoms with van der Waals surface area (Å²) in [4.78, 5) is 22.2. The molecule has 6 nitrogen and oxygen atoms in total. The van der Waals surface area contributed by atoms with Crippen molar-refractivity contribution >= 4 is 11.9 Å². The van der Waals surface area contributed by atoms with Crippen molar-refractivity contribution in [3.05, 3.63) is 0 Å². The van der Waals surface area contributed by atoms with Crippen molar-refractivity contribution in [1.82, 2.24) is 0 Å². The lowest BCUT2D eigenvalue weighted by Crippen LogP contribution is -2.43. The molecular formula is C11H20O6. The van der Waals surface area contributed by atoms with Gasteiger partial charge in [-0.3, -0.25) is 4.79 Å². The van der Waals surface area contributed by atoms with Crippen LogP contribution < -0.4 is 0 Å². The van der Waals surface area contributed by atoms with Crippen LogP contribution in [0.3, 0.4) is 0 Å². The number of aliphatic hydroxyl groups is 1. The predicted octanol–water partition coefficient (Wildman–Crippen LogP) is 0.269. The first kappa shape index (κ1) is 15.9. The van der Waals surface area contributed by atoms with E-state index in [9.17, 15) is 14.7 Å². The van der Waals surface area contributed by atoms with Gasteiger partial charge in [0, 0.05) is 20.5 Å². The molecule has 0 spiro atoms. The lowest BCUT2D eigenvalue weighted by Gasteiger charge is -2.27. The molecular weight excluding hydrogens is 228 g/mol. The van der Waals surface area contributed by atoms with Gasteiger partial charge in [-0.2, -0.15) is 0 Å². The highest BCUT2D eigenvalue weighted by Crippen LogP contribution is 2.19. The van der Waals surface area contributed by atoms with Crippen molar-refractivity contribution in [2.75, 3.05) is 20.3 Å². The molecule has 0 saturated heterocycles. The molecule has 17 heavy (non-hydrogen) atoms. The smallest absolute Gasteiger partial charge is 0.338 e. The third kappa shape index (κ3) is 5.65. The van der Waals surface area contributed by atoms with E-state index in [2.05, 4.69) is 4.74 Å². The van der Waals surface area contributed by atoms with E-state index in [0.29, 0.717) is 0 Å². The Hall–Kier alpha value is -1.14. The molecule has 0 saturated carbocycles. The minimum absolute atomic E-state index is 0.00435. The molecule has 2 atom stereocenters. The molecule has 0 bridgehead atoms. The molecule has 6 heteroatoms. The van der Waals surface area contributed by atoms with Crippen molar-refractivity contribution < 1.29 is 28.9 Å². The molecule has 0 amide bonds. The number of hydrogen-bond donors (Lipinski definition) is 1. The summed E-state index contributed by atoms with van der Waals surface area (Å²) in [6.07, 6.45) is -0.983. The van der Waals surface area contributed by atoms with Gasteiger partial charge in [0.1, 0.15) is 6.61 Å². The SMILES string of the molecule is CCOC(=O)C(C)(CC(O)COC(C)=O)OC. The van der Waals surface area contributed by atoms with Crippen LogP contribution in [0.2, 0.25) is 0 Å². The standard InChI is InChI=1S/C11H20O6/c1-5-16-10(14)11(3,15-4)6-9(13)7-17-8(2)12/h9,13H,5-7H2,1-4H3. The first-order valence-corrected chi connectivity index (χ1v) is 5.39. The number of carbonyl (C=O) groups is 2. The van der Waals surface area contributed by atoms with Gasteiger partial charge in [-0.05, 0) is 13.8 Å². The van der Waals surface area contributed by atoms with Gasteiger partial charge >= 0.3 is 11.9 Å². The number of aliphatic hydroxyl groups excluding tert-OH is 1. The highest BCUT2D eigenvalue weighted by atomic mass is 16.6. The van der Waals surface area contributed by atoms with Gasteiger partial charge in [0.15, 0.2) is 5.60 Å². The topological polar surface area (TPSA) is 82.1 Å². The zero-order valence-electron chi connectivity index (χ0n) is 10.7. The fraction of sp³-hybridized carbons (Fsp3) is 0.818. The molecule has 0 aliphatic carbocycles. The van der Waals surface area contributed by atoms with Gasteiger partial charge in [-0.25, -0.2) is 4.79 Å². The van der Waals surface area contributed by atoms with Crippen LogP contribution in [0.5, 0.6) is 0 Å². The van der Waals surface area contributed by atoms with Crippen molar-refractivity contribution in [3.63, 3.8) is 0 Å². The fourth-order valence-electron chi connectivity index (χ4n) is 1.26. The largest absolute Gasteiger partial charge is 0.464 e. The molecule has 0 aromatic heterocycles. The monoisotopic (exact) mass is 248 g/mol. The van der Waals surface area contributed by atoms with E-state index in [1.165, 1.54) is 21.0 Å². The van der Waals surface area contributed by atoms with Crippen LogP contribution in [0.15, 0.2) is 0 Å². The maximum atomic E-state index is 11.6. The van der Waals surface area contributed by atoms with Gasteiger partial charge in [0.25, 0.3) is 0 Å². The Balaban J connectivity index is 4.35. The Kier molecular flexibility index (Phi) is 6.75. The normalized spacial score (nSPS) is 15.8. The van der Waals surface area contributed by atoms with Gasteiger partial charge < -0.3 is 19.3 Å². The Morgan fingerprint density at radius 1 is 1.35 bits per heavy atom. The third-order valence-electron chi connectivity index (χ3n) is 2.26. The molecule has 0 fully saturated rings. The van der Waals surface area contributed by atoms with Gasteiger partial charge in [-0.15, -0.1) is 0 Å². The van der Waals surface area contributed by atoms with Crippen LogP contribution in [-0.2, 0) is 23.8 Å². The Labute approximate surface area is 101 Å². The summed E-state index contributed by atoms with van der Waals surface area (Å²) in [6.45, 7) is 4.50. The first-order valence-electron chi connectivity index (χ1n) is 5.39. The van der Waals surface area contributed by atoms with Crippen LogP contribution in [0.25, 0.3) is 0 Å². The highest BCUT2D eigenvalue weighted by Gasteiger charge is 2.37. The quantitative estimate of drug-likeness (QED) is 0.651. The number of methoxy groups -OCH3 is 1. The summed E-state index contributed by atoms with van der Waals surface area (Å²) < 4.78 is 14.5. The lowest BCUT2D eigenvalue weighted by molar-refractivity contribution is -0.171. The molecule has 0 aliphatic rings. The summed E-state index contributed by atoms with van der Waals surface area (Å²) in [5.74, 6) is -1.04. The summed E-state index contributed by atoms with van der Waals surface area (Å²) in [5.41, 5.74) is -1.24. The van der Waals surface area contributed by atoms with Gasteiger partial charge in [-0.1, -0.05) is 0 Å². The van der Waals surface area contributed by atoms with E-state index in [1.807, 2.05) is 0 Å². The number of carbonyl (C=O) groups excluding carboxylic acids is 2. The minimum atomic E-state index is -1.24. The number of hydrogen-bond acceptors (Lipinski definition) is 6. The summed E-state index contributed by atoms with van der Waals surface area (Å²) >= 11 is 0. The van der Waals surface area contributed by atoms with Gasteiger partial charge in [0.05, 0.1) is 12.7 Å². The van der Waals surface area contributed by atoms with E-state index in [-0.39, 0.29) is 19.6 Å². The van der Waals surface area contributed by atoms with Crippen molar-refractivity contribution in [2.45, 2.75) is 38.9 Å². The van der Waals surface area contributed by atoms with Crippen LogP contribution >= 0.6 is 0 Å². The van der Waals surface area contributed by atoms with Gasteiger partial charge in [0.2, 0.25) is 0 Å². The Morgan fingerprint density at radius 3 is 2.35 bits per heavy atom. The number of rotatable bonds is 7. The lowest BCUT2D eigenvalue weighted by atomic mass is 9.98. The van der Waals surface area contributed by atoms with Crippen molar-refractivity contribution in [1.29, 1.82) is 0 Å². The van der Waals surface area contributed by atoms with E-state index in [4.69, 9.17) is 9.47 Å². The van der Waals surface area contributed by atoms with Crippen LogP contribution in [-0.4, -0.2) is 49.1 Å². The zero-order valence-corrected chi connectivity index (χ0v) is 10.7. The maximum absolute atomic E-state index is 11.6. The molecule has 0 aliphatic heterocycles. The van der Waals surface area contributed by atoms with E-state index >= 15 is 0 Å². The zero-order chi connectivity index (χ0) is 13.5. The van der Waals surface area contributed by atoms with E-state index in [1.54, 1.807) is 6.92 Å². The Morgan fingerprint density at radius 2 is 1.94 bits per heavy atom. The summed E-state index contributed by atoms with van der Waals surface area (Å²) in [6, 6.07) is 0. The minimum Gasteiger partial charge on any atom is -0.464 e.